The number of imide groups is 2. The third-order valence-electron chi connectivity index (χ3n) is 6.12. The van der Waals surface area contributed by atoms with Gasteiger partial charge in [0.05, 0.1) is 10.2 Å². The fraction of sp³-hybridized carbons (Fsp3) is 0.0645. The SMILES string of the molecule is O=C1NC(=O)N(c2ccc(OCc3ccccc3Cl)cc2)C(=O)/C1=C/c1ccc(OCc2ccc(Cl)cc2)c(Br)c1. The Morgan fingerprint density at radius 3 is 2.27 bits per heavy atom. The molecule has 1 aliphatic rings. The second-order valence-electron chi connectivity index (χ2n) is 8.94. The number of carbonyl (C=O) groups is 3. The summed E-state index contributed by atoms with van der Waals surface area (Å²) in [5.74, 6) is -0.429. The predicted molar refractivity (Wildman–Crippen MR) is 161 cm³/mol. The Bertz CT molecular complexity index is 1660. The standard InChI is InChI=1S/C31H21BrCl2N2O5/c32-26-16-20(7-14-28(26)41-17-19-5-8-22(33)9-6-19)15-25-29(37)35-31(39)36(30(25)38)23-10-12-24(13-11-23)40-18-21-3-1-2-4-27(21)34/h1-16H,17-18H2,(H,35,37,39)/b25-15+. The fourth-order valence-corrected chi connectivity index (χ4v) is 4.82. The molecule has 4 aromatic carbocycles. The maximum Gasteiger partial charge on any atom is 0.335 e. The first-order valence-electron chi connectivity index (χ1n) is 12.3. The summed E-state index contributed by atoms with van der Waals surface area (Å²) in [5, 5.41) is 3.47. The molecule has 0 aliphatic carbocycles. The van der Waals surface area contributed by atoms with E-state index >= 15 is 0 Å². The highest BCUT2D eigenvalue weighted by molar-refractivity contribution is 9.10. The molecule has 10 heteroatoms. The highest BCUT2D eigenvalue weighted by atomic mass is 79.9. The molecule has 0 bridgehead atoms. The summed E-state index contributed by atoms with van der Waals surface area (Å²) < 4.78 is 12.3. The number of carbonyl (C=O) groups excluding carboxylic acids is 3. The van der Waals surface area contributed by atoms with Crippen molar-refractivity contribution in [2.75, 3.05) is 4.90 Å². The normalized spacial score (nSPS) is 14.3. The van der Waals surface area contributed by atoms with Gasteiger partial charge < -0.3 is 9.47 Å². The van der Waals surface area contributed by atoms with Crippen molar-refractivity contribution in [3.8, 4) is 11.5 Å². The Balaban J connectivity index is 1.29. The monoisotopic (exact) mass is 650 g/mol. The minimum absolute atomic E-state index is 0.189. The summed E-state index contributed by atoms with van der Waals surface area (Å²) in [6, 6.07) is 25.4. The van der Waals surface area contributed by atoms with Gasteiger partial charge in [0.2, 0.25) is 0 Å². The zero-order valence-electron chi connectivity index (χ0n) is 21.3. The molecule has 0 radical (unpaired) electrons. The molecule has 41 heavy (non-hydrogen) atoms. The van der Waals surface area contributed by atoms with Crippen LogP contribution in [0.3, 0.4) is 0 Å². The second kappa shape index (κ2) is 12.6. The number of benzene rings is 4. The maximum absolute atomic E-state index is 13.3. The molecule has 1 N–H and O–H groups in total. The minimum Gasteiger partial charge on any atom is -0.489 e. The van der Waals surface area contributed by atoms with Crippen LogP contribution < -0.4 is 19.7 Å². The molecule has 0 aromatic heterocycles. The zero-order chi connectivity index (χ0) is 28.9. The number of halogens is 3. The maximum atomic E-state index is 13.3. The molecule has 0 saturated carbocycles. The molecule has 0 unspecified atom stereocenters. The van der Waals surface area contributed by atoms with Crippen molar-refractivity contribution in [2.45, 2.75) is 13.2 Å². The van der Waals surface area contributed by atoms with Gasteiger partial charge in [0.1, 0.15) is 30.3 Å². The zero-order valence-corrected chi connectivity index (χ0v) is 24.4. The number of nitrogens with zero attached hydrogens (tertiary/aromatic N) is 1. The van der Waals surface area contributed by atoms with Crippen molar-refractivity contribution < 1.29 is 23.9 Å². The van der Waals surface area contributed by atoms with Gasteiger partial charge in [-0.25, -0.2) is 9.69 Å². The van der Waals surface area contributed by atoms with Crippen LogP contribution in [-0.4, -0.2) is 17.8 Å². The van der Waals surface area contributed by atoms with E-state index in [1.54, 1.807) is 60.7 Å². The van der Waals surface area contributed by atoms with E-state index in [4.69, 9.17) is 32.7 Å². The molecular formula is C31H21BrCl2N2O5. The van der Waals surface area contributed by atoms with Crippen LogP contribution in [0.25, 0.3) is 6.08 Å². The predicted octanol–water partition coefficient (Wildman–Crippen LogP) is 7.58. The summed E-state index contributed by atoms with van der Waals surface area (Å²) in [4.78, 5) is 39.4. The van der Waals surface area contributed by atoms with Crippen molar-refractivity contribution in [1.82, 2.24) is 5.32 Å². The number of nitrogens with one attached hydrogen (secondary N) is 1. The van der Waals surface area contributed by atoms with Crippen molar-refractivity contribution >= 4 is 68.7 Å². The van der Waals surface area contributed by atoms with Crippen LogP contribution >= 0.6 is 39.1 Å². The Morgan fingerprint density at radius 1 is 0.829 bits per heavy atom. The molecule has 1 heterocycles. The van der Waals surface area contributed by atoms with Crippen LogP contribution in [0.15, 0.2) is 101 Å². The van der Waals surface area contributed by atoms with E-state index in [0.29, 0.717) is 38.2 Å². The molecule has 4 aromatic rings. The molecule has 1 fully saturated rings. The number of ether oxygens (including phenoxy) is 2. The molecular weight excluding hydrogens is 631 g/mol. The van der Waals surface area contributed by atoms with Gasteiger partial charge in [0.15, 0.2) is 0 Å². The summed E-state index contributed by atoms with van der Waals surface area (Å²) in [5.41, 5.74) is 2.42. The molecule has 0 atom stereocenters. The van der Waals surface area contributed by atoms with Gasteiger partial charge >= 0.3 is 6.03 Å². The highest BCUT2D eigenvalue weighted by Gasteiger charge is 2.36. The van der Waals surface area contributed by atoms with E-state index in [0.717, 1.165) is 16.0 Å². The van der Waals surface area contributed by atoms with E-state index in [9.17, 15) is 14.4 Å². The molecule has 5 rings (SSSR count). The van der Waals surface area contributed by atoms with Crippen LogP contribution in [0.2, 0.25) is 10.0 Å². The Morgan fingerprint density at radius 2 is 1.56 bits per heavy atom. The van der Waals surface area contributed by atoms with E-state index < -0.39 is 17.8 Å². The Labute approximate surface area is 254 Å². The average molecular weight is 652 g/mol. The van der Waals surface area contributed by atoms with Gasteiger partial charge in [0, 0.05) is 15.6 Å². The van der Waals surface area contributed by atoms with Gasteiger partial charge in [-0.15, -0.1) is 0 Å². The van der Waals surface area contributed by atoms with Crippen LogP contribution in [0.5, 0.6) is 11.5 Å². The fourth-order valence-electron chi connectivity index (χ4n) is 3.99. The smallest absolute Gasteiger partial charge is 0.335 e. The number of rotatable bonds is 8. The third kappa shape index (κ3) is 6.79. The number of amides is 4. The van der Waals surface area contributed by atoms with E-state index in [-0.39, 0.29) is 17.9 Å². The van der Waals surface area contributed by atoms with Crippen molar-refractivity contribution in [3.05, 3.63) is 128 Å². The Hall–Kier alpha value is -4.11. The summed E-state index contributed by atoms with van der Waals surface area (Å²) >= 11 is 15.6. The van der Waals surface area contributed by atoms with E-state index in [2.05, 4.69) is 21.2 Å². The topological polar surface area (TPSA) is 84.9 Å². The number of hydrogen-bond donors (Lipinski definition) is 1. The molecule has 7 nitrogen and oxygen atoms in total. The molecule has 4 amide bonds. The van der Waals surface area contributed by atoms with Crippen LogP contribution in [0.4, 0.5) is 10.5 Å². The molecule has 1 aliphatic heterocycles. The highest BCUT2D eigenvalue weighted by Crippen LogP contribution is 2.30. The number of anilines is 1. The summed E-state index contributed by atoms with van der Waals surface area (Å²) in [7, 11) is 0. The van der Waals surface area contributed by atoms with Crippen LogP contribution in [-0.2, 0) is 22.8 Å². The van der Waals surface area contributed by atoms with Gasteiger partial charge in [-0.05, 0) is 87.7 Å². The first-order chi connectivity index (χ1) is 19.8. The van der Waals surface area contributed by atoms with Gasteiger partial charge in [-0.3, -0.25) is 14.9 Å². The second-order valence-corrected chi connectivity index (χ2v) is 10.6. The van der Waals surface area contributed by atoms with Crippen molar-refractivity contribution in [3.63, 3.8) is 0 Å². The van der Waals surface area contributed by atoms with Gasteiger partial charge in [-0.1, -0.05) is 59.6 Å². The largest absolute Gasteiger partial charge is 0.489 e. The first-order valence-corrected chi connectivity index (χ1v) is 13.9. The lowest BCUT2D eigenvalue weighted by Crippen LogP contribution is -2.54. The first kappa shape index (κ1) is 28.4. The summed E-state index contributed by atoms with van der Waals surface area (Å²) in [6.45, 7) is 0.585. The quantitative estimate of drug-likeness (QED) is 0.157. The van der Waals surface area contributed by atoms with Gasteiger partial charge in [0.25, 0.3) is 11.8 Å². The molecule has 206 valence electrons. The van der Waals surface area contributed by atoms with Crippen molar-refractivity contribution in [1.29, 1.82) is 0 Å². The Kier molecular flexibility index (Phi) is 8.73. The van der Waals surface area contributed by atoms with E-state index in [1.807, 2.05) is 30.3 Å². The number of barbiturate groups is 1. The molecule has 1 saturated heterocycles. The van der Waals surface area contributed by atoms with Crippen LogP contribution in [0, 0.1) is 0 Å². The van der Waals surface area contributed by atoms with E-state index in [1.165, 1.54) is 6.08 Å². The summed E-state index contributed by atoms with van der Waals surface area (Å²) in [6.07, 6.45) is 1.42. The van der Waals surface area contributed by atoms with Crippen LogP contribution in [0.1, 0.15) is 16.7 Å². The minimum atomic E-state index is -0.839. The number of urea groups is 1. The lowest BCUT2D eigenvalue weighted by Gasteiger charge is -2.26. The van der Waals surface area contributed by atoms with Gasteiger partial charge in [-0.2, -0.15) is 0 Å². The number of hydrogen-bond acceptors (Lipinski definition) is 5. The van der Waals surface area contributed by atoms with Crippen molar-refractivity contribution in [2.24, 2.45) is 0 Å². The lowest BCUT2D eigenvalue weighted by molar-refractivity contribution is -0.122. The molecule has 0 spiro atoms. The third-order valence-corrected chi connectivity index (χ3v) is 7.36. The average Bonchev–Trinajstić information content (AvgIpc) is 2.96. The lowest BCUT2D eigenvalue weighted by atomic mass is 10.1.